The molecule has 1 atom stereocenters. The average Bonchev–Trinajstić information content (AvgIpc) is 2.59. The number of allylic oxidation sites excluding steroid dienone is 1. The monoisotopic (exact) mass is 362 g/mol. The van der Waals surface area contributed by atoms with Crippen molar-refractivity contribution in [1.29, 1.82) is 5.26 Å². The molecule has 7 heteroatoms. The second-order valence-electron chi connectivity index (χ2n) is 6.28. The summed E-state index contributed by atoms with van der Waals surface area (Å²) in [6.07, 6.45) is 0. The van der Waals surface area contributed by atoms with Gasteiger partial charge in [-0.05, 0) is 30.2 Å². The van der Waals surface area contributed by atoms with E-state index >= 15 is 0 Å². The van der Waals surface area contributed by atoms with Gasteiger partial charge in [0.1, 0.15) is 34.5 Å². The van der Waals surface area contributed by atoms with Gasteiger partial charge in [0.05, 0.1) is 16.9 Å². The van der Waals surface area contributed by atoms with Gasteiger partial charge < -0.3 is 25.1 Å². The van der Waals surface area contributed by atoms with Gasteiger partial charge in [0.2, 0.25) is 5.88 Å². The van der Waals surface area contributed by atoms with Gasteiger partial charge in [-0.3, -0.25) is 0 Å². The van der Waals surface area contributed by atoms with Crippen LogP contribution in [0.4, 0.5) is 0 Å². The third kappa shape index (κ3) is 2.47. The van der Waals surface area contributed by atoms with Crippen molar-refractivity contribution >= 4 is 11.0 Å². The minimum absolute atomic E-state index is 0.0128. The van der Waals surface area contributed by atoms with Crippen LogP contribution in [0.1, 0.15) is 22.6 Å². The van der Waals surface area contributed by atoms with Crippen LogP contribution in [-0.2, 0) is 0 Å². The number of nitrogens with two attached hydrogens (primary N) is 1. The van der Waals surface area contributed by atoms with E-state index in [-0.39, 0.29) is 34.3 Å². The Balaban J connectivity index is 2.12. The summed E-state index contributed by atoms with van der Waals surface area (Å²) in [7, 11) is 0. The molecule has 27 heavy (non-hydrogen) atoms. The van der Waals surface area contributed by atoms with Gasteiger partial charge in [0.25, 0.3) is 0 Å². The van der Waals surface area contributed by atoms with E-state index in [9.17, 15) is 20.3 Å². The Hall–Kier alpha value is -3.92. The number of phenolic OH excluding ortho intramolecular Hbond substituents is 2. The third-order valence-electron chi connectivity index (χ3n) is 4.58. The van der Waals surface area contributed by atoms with Gasteiger partial charge in [0, 0.05) is 12.1 Å². The second-order valence-corrected chi connectivity index (χ2v) is 6.28. The first kappa shape index (κ1) is 16.5. The van der Waals surface area contributed by atoms with Crippen molar-refractivity contribution in [3.8, 4) is 23.3 Å². The minimum Gasteiger partial charge on any atom is -0.508 e. The number of hydrogen-bond acceptors (Lipinski definition) is 7. The van der Waals surface area contributed by atoms with Crippen LogP contribution in [0.2, 0.25) is 0 Å². The van der Waals surface area contributed by atoms with E-state index < -0.39 is 11.5 Å². The molecule has 0 aliphatic carbocycles. The lowest BCUT2D eigenvalue weighted by atomic mass is 9.82. The van der Waals surface area contributed by atoms with Crippen LogP contribution < -0.4 is 16.1 Å². The molecule has 134 valence electrons. The number of nitriles is 1. The normalized spacial score (nSPS) is 15.9. The molecular formula is C20H14N2O5. The summed E-state index contributed by atoms with van der Waals surface area (Å²) in [5, 5.41) is 30.6. The van der Waals surface area contributed by atoms with E-state index in [0.717, 1.165) is 0 Å². The fourth-order valence-electron chi connectivity index (χ4n) is 3.47. The molecule has 0 fully saturated rings. The van der Waals surface area contributed by atoms with E-state index in [0.29, 0.717) is 22.1 Å². The lowest BCUT2D eigenvalue weighted by molar-refractivity contribution is 0.385. The van der Waals surface area contributed by atoms with E-state index in [1.54, 1.807) is 19.1 Å². The molecule has 0 spiro atoms. The van der Waals surface area contributed by atoms with Crippen LogP contribution in [0.15, 0.2) is 57.1 Å². The van der Waals surface area contributed by atoms with Gasteiger partial charge in [0.15, 0.2) is 0 Å². The molecule has 0 radical (unpaired) electrons. The Morgan fingerprint density at radius 2 is 2.00 bits per heavy atom. The van der Waals surface area contributed by atoms with Crippen LogP contribution in [0.5, 0.6) is 17.2 Å². The molecule has 3 aromatic rings. The second kappa shape index (κ2) is 5.81. The predicted octanol–water partition coefficient (Wildman–Crippen LogP) is 2.73. The molecule has 4 N–H and O–H groups in total. The molecule has 0 unspecified atom stereocenters. The van der Waals surface area contributed by atoms with Gasteiger partial charge in [-0.25, -0.2) is 4.79 Å². The number of fused-ring (bicyclic) bond motifs is 3. The summed E-state index contributed by atoms with van der Waals surface area (Å²) in [5.41, 5.74) is 7.15. The standard InChI is InChI=1S/C20H14N2O5/c1-9-5-15(25)26-14-7-13(24)18-17(10-3-2-4-11(23)6-10)12(8-21)20(22)27-19(18)16(9)14/h2-7,17,23-24H,22H2,1H3/t17-/m1/s1. The third-order valence-corrected chi connectivity index (χ3v) is 4.58. The molecule has 2 aromatic carbocycles. The largest absolute Gasteiger partial charge is 0.508 e. The van der Waals surface area contributed by atoms with E-state index in [1.165, 1.54) is 24.3 Å². The average molecular weight is 362 g/mol. The first-order valence-electron chi connectivity index (χ1n) is 8.07. The molecular weight excluding hydrogens is 348 g/mol. The summed E-state index contributed by atoms with van der Waals surface area (Å²) in [5.74, 6) is -0.841. The zero-order valence-electron chi connectivity index (χ0n) is 14.2. The Labute approximate surface area is 153 Å². The number of ether oxygens (including phenoxy) is 1. The number of nitrogens with zero attached hydrogens (tertiary/aromatic N) is 1. The van der Waals surface area contributed by atoms with Crippen molar-refractivity contribution in [2.24, 2.45) is 5.73 Å². The number of aryl methyl sites for hydroxylation is 1. The molecule has 0 saturated carbocycles. The number of phenols is 2. The quantitative estimate of drug-likeness (QED) is 0.567. The van der Waals surface area contributed by atoms with Crippen molar-refractivity contribution in [2.75, 3.05) is 0 Å². The fourth-order valence-corrected chi connectivity index (χ4v) is 3.47. The van der Waals surface area contributed by atoms with Crippen molar-refractivity contribution in [3.63, 3.8) is 0 Å². The molecule has 1 aliphatic rings. The van der Waals surface area contributed by atoms with Crippen molar-refractivity contribution in [3.05, 3.63) is 75.0 Å². The maximum Gasteiger partial charge on any atom is 0.336 e. The van der Waals surface area contributed by atoms with Gasteiger partial charge in [-0.15, -0.1) is 0 Å². The Kier molecular flexibility index (Phi) is 3.56. The van der Waals surface area contributed by atoms with Crippen LogP contribution >= 0.6 is 0 Å². The lowest BCUT2D eigenvalue weighted by Crippen LogP contribution is -2.21. The highest BCUT2D eigenvalue weighted by Gasteiger charge is 2.35. The highest BCUT2D eigenvalue weighted by atomic mass is 16.5. The first-order valence-corrected chi connectivity index (χ1v) is 8.07. The summed E-state index contributed by atoms with van der Waals surface area (Å²) in [6.45, 7) is 1.71. The highest BCUT2D eigenvalue weighted by Crippen LogP contribution is 2.50. The summed E-state index contributed by atoms with van der Waals surface area (Å²) < 4.78 is 10.9. The van der Waals surface area contributed by atoms with Gasteiger partial charge in [-0.1, -0.05) is 12.1 Å². The molecule has 2 heterocycles. The molecule has 7 nitrogen and oxygen atoms in total. The Bertz CT molecular complexity index is 1230. The van der Waals surface area contributed by atoms with Crippen LogP contribution in [0.25, 0.3) is 11.0 Å². The molecule has 0 amide bonds. The molecule has 1 aliphatic heterocycles. The number of hydrogen-bond donors (Lipinski definition) is 3. The van der Waals surface area contributed by atoms with E-state index in [4.69, 9.17) is 14.9 Å². The van der Waals surface area contributed by atoms with E-state index in [1.807, 2.05) is 6.07 Å². The zero-order chi connectivity index (χ0) is 19.3. The predicted molar refractivity (Wildman–Crippen MR) is 96.3 cm³/mol. The fraction of sp³-hybridized carbons (Fsp3) is 0.100. The molecule has 0 bridgehead atoms. The summed E-state index contributed by atoms with van der Waals surface area (Å²) >= 11 is 0. The van der Waals surface area contributed by atoms with Crippen molar-refractivity contribution in [1.82, 2.24) is 0 Å². The lowest BCUT2D eigenvalue weighted by Gasteiger charge is -2.28. The molecule has 4 rings (SSSR count). The SMILES string of the molecule is Cc1cc(=O)oc2cc(O)c3c(c12)OC(N)=C(C#N)[C@H]3c1cccc(O)c1. The summed E-state index contributed by atoms with van der Waals surface area (Å²) in [6, 6.07) is 11.0. The van der Waals surface area contributed by atoms with Crippen molar-refractivity contribution < 1.29 is 19.4 Å². The topological polar surface area (TPSA) is 130 Å². The maximum absolute atomic E-state index is 11.7. The van der Waals surface area contributed by atoms with Crippen LogP contribution in [0.3, 0.4) is 0 Å². The number of benzene rings is 2. The molecule has 1 aromatic heterocycles. The van der Waals surface area contributed by atoms with E-state index in [2.05, 4.69) is 0 Å². The van der Waals surface area contributed by atoms with Crippen LogP contribution in [0, 0.1) is 18.3 Å². The van der Waals surface area contributed by atoms with Gasteiger partial charge in [-0.2, -0.15) is 5.26 Å². The number of rotatable bonds is 1. The first-order chi connectivity index (χ1) is 12.9. The van der Waals surface area contributed by atoms with Crippen molar-refractivity contribution in [2.45, 2.75) is 12.8 Å². The Morgan fingerprint density at radius 1 is 1.22 bits per heavy atom. The highest BCUT2D eigenvalue weighted by molar-refractivity contribution is 5.91. The van der Waals surface area contributed by atoms with Crippen LogP contribution in [-0.4, -0.2) is 10.2 Å². The molecule has 0 saturated heterocycles. The maximum atomic E-state index is 11.7. The Morgan fingerprint density at radius 3 is 2.70 bits per heavy atom. The number of aromatic hydroxyl groups is 2. The minimum atomic E-state index is -0.749. The summed E-state index contributed by atoms with van der Waals surface area (Å²) in [4.78, 5) is 11.7. The smallest absolute Gasteiger partial charge is 0.336 e. The zero-order valence-corrected chi connectivity index (χ0v) is 14.2. The van der Waals surface area contributed by atoms with Gasteiger partial charge >= 0.3 is 5.63 Å².